The van der Waals surface area contributed by atoms with E-state index in [1.165, 1.54) is 23.2 Å². The fourth-order valence-corrected chi connectivity index (χ4v) is 5.11. The van der Waals surface area contributed by atoms with Crippen LogP contribution in [0.15, 0.2) is 83.6 Å². The molecule has 8 nitrogen and oxygen atoms in total. The van der Waals surface area contributed by atoms with E-state index in [0.29, 0.717) is 45.6 Å². The number of piperidine rings is 1. The Morgan fingerprint density at radius 1 is 1.00 bits per heavy atom. The number of nitrogens with zero attached hydrogens (tertiary/aromatic N) is 3. The van der Waals surface area contributed by atoms with Crippen molar-refractivity contribution in [1.29, 1.82) is 0 Å². The Bertz CT molecular complexity index is 1900. The number of pyridine rings is 2. The first-order valence-electron chi connectivity index (χ1n) is 14.7. The molecule has 3 N–H and O–H groups in total. The van der Waals surface area contributed by atoms with Crippen LogP contribution in [0.5, 0.6) is 0 Å². The number of aromatic nitrogens is 2. The van der Waals surface area contributed by atoms with E-state index in [4.69, 9.17) is 10.2 Å². The number of halogens is 4. The van der Waals surface area contributed by atoms with Crippen LogP contribution in [0.4, 0.5) is 23.4 Å². The van der Waals surface area contributed by atoms with Crippen molar-refractivity contribution in [3.05, 3.63) is 108 Å². The van der Waals surface area contributed by atoms with Gasteiger partial charge in [0.25, 0.3) is 11.8 Å². The second-order valence-corrected chi connectivity index (χ2v) is 10.9. The maximum Gasteiger partial charge on any atom is 0.255 e. The van der Waals surface area contributed by atoms with Crippen molar-refractivity contribution in [3.8, 4) is 22.4 Å². The van der Waals surface area contributed by atoms with Crippen molar-refractivity contribution < 1.29 is 31.6 Å². The zero-order valence-corrected chi connectivity index (χ0v) is 25.4. The normalized spacial score (nSPS) is 14.1. The predicted molar refractivity (Wildman–Crippen MR) is 171 cm³/mol. The number of benzene rings is 2. The number of furan rings is 1. The van der Waals surface area contributed by atoms with Gasteiger partial charge in [-0.1, -0.05) is 24.3 Å². The van der Waals surface area contributed by atoms with Crippen molar-refractivity contribution in [3.63, 3.8) is 0 Å². The zero-order chi connectivity index (χ0) is 33.6. The quantitative estimate of drug-likeness (QED) is 0.142. The van der Waals surface area contributed by atoms with E-state index in [0.717, 1.165) is 11.6 Å². The SMILES string of the molecule is C/C=C/c1ccc(N)nc1.O=CNCc1cc2cc(-c3ncc(C(=O)N4CCC(F)(F)CC4)cc3F)cc(-c3ccc(F)cc3)c2o1. The first kappa shape index (κ1) is 32.9. The summed E-state index contributed by atoms with van der Waals surface area (Å²) in [5, 5.41) is 3.13. The number of carbonyl (C=O) groups excluding carboxylic acids is 2. The van der Waals surface area contributed by atoms with Gasteiger partial charge in [0.2, 0.25) is 6.41 Å². The van der Waals surface area contributed by atoms with Gasteiger partial charge in [0.1, 0.15) is 34.5 Å². The average Bonchev–Trinajstić information content (AvgIpc) is 3.48. The van der Waals surface area contributed by atoms with Gasteiger partial charge in [-0.15, -0.1) is 0 Å². The molecule has 1 saturated heterocycles. The minimum atomic E-state index is -2.80. The van der Waals surface area contributed by atoms with Gasteiger partial charge in [-0.05, 0) is 66.6 Å². The predicted octanol–water partition coefficient (Wildman–Crippen LogP) is 7.25. The lowest BCUT2D eigenvalue weighted by atomic mass is 9.98. The molecule has 47 heavy (non-hydrogen) atoms. The lowest BCUT2D eigenvalue weighted by Gasteiger charge is -2.31. The standard InChI is InChI=1S/C27H21F4N3O3.C8H10N2/c28-20-3-1-16(2-4-20)22-11-17(9-18-10-21(14-32-15-35)37-25(18)22)24-23(29)12-19(13-33-24)26(36)34-7-5-27(30,31)6-8-34;1-2-3-7-4-5-8(9)10-6-7/h1-4,9-13,15H,5-8,14H2,(H,32,35);2-6H,1H3,(H2,9,10)/b;3-2+. The molecular formula is C35H31F4N5O3. The molecule has 0 bridgehead atoms. The van der Waals surface area contributed by atoms with Gasteiger partial charge in [-0.3, -0.25) is 14.6 Å². The second-order valence-electron chi connectivity index (χ2n) is 10.9. The van der Waals surface area contributed by atoms with Crippen LogP contribution in [0, 0.1) is 11.6 Å². The number of fused-ring (bicyclic) bond motifs is 1. The number of nitrogens with two attached hydrogens (primary N) is 1. The molecular weight excluding hydrogens is 614 g/mol. The van der Waals surface area contributed by atoms with Crippen molar-refractivity contribution in [2.45, 2.75) is 32.2 Å². The Morgan fingerprint density at radius 2 is 1.74 bits per heavy atom. The Kier molecular flexibility index (Phi) is 9.98. The smallest absolute Gasteiger partial charge is 0.255 e. The van der Waals surface area contributed by atoms with E-state index in [2.05, 4.69) is 15.3 Å². The van der Waals surface area contributed by atoms with E-state index in [9.17, 15) is 22.8 Å². The fourth-order valence-electron chi connectivity index (χ4n) is 5.11. The van der Waals surface area contributed by atoms with Crippen molar-refractivity contribution in [2.24, 2.45) is 0 Å². The van der Waals surface area contributed by atoms with Crippen LogP contribution in [0.25, 0.3) is 39.4 Å². The number of hydrogen-bond acceptors (Lipinski definition) is 6. The van der Waals surface area contributed by atoms with E-state index >= 15 is 4.39 Å². The molecule has 5 aromatic rings. The molecule has 0 saturated carbocycles. The molecule has 2 aromatic carbocycles. The summed E-state index contributed by atoms with van der Waals surface area (Å²) in [6, 6.07) is 15.5. The molecule has 0 spiro atoms. The lowest BCUT2D eigenvalue weighted by Crippen LogP contribution is -2.42. The summed E-state index contributed by atoms with van der Waals surface area (Å²) < 4.78 is 61.6. The molecule has 1 aliphatic rings. The third kappa shape index (κ3) is 8.01. The van der Waals surface area contributed by atoms with Crippen molar-refractivity contribution in [1.82, 2.24) is 20.2 Å². The van der Waals surface area contributed by atoms with Crippen molar-refractivity contribution in [2.75, 3.05) is 18.8 Å². The zero-order valence-electron chi connectivity index (χ0n) is 25.4. The summed E-state index contributed by atoms with van der Waals surface area (Å²) >= 11 is 0. The van der Waals surface area contributed by atoms with Gasteiger partial charge in [0.15, 0.2) is 0 Å². The van der Waals surface area contributed by atoms with Crippen LogP contribution in [-0.4, -0.2) is 46.2 Å². The Morgan fingerprint density at radius 3 is 2.38 bits per heavy atom. The molecule has 6 rings (SSSR count). The van der Waals surface area contributed by atoms with Gasteiger partial charge in [-0.25, -0.2) is 22.5 Å². The number of carbonyl (C=O) groups is 2. The summed E-state index contributed by atoms with van der Waals surface area (Å²) in [6.07, 6.45) is 6.58. The van der Waals surface area contributed by atoms with Gasteiger partial charge in [0.05, 0.1) is 12.1 Å². The third-order valence-electron chi connectivity index (χ3n) is 7.49. The summed E-state index contributed by atoms with van der Waals surface area (Å²) in [5.41, 5.74) is 8.43. The number of alkyl halides is 2. The third-order valence-corrected chi connectivity index (χ3v) is 7.49. The number of nitrogens with one attached hydrogen (secondary N) is 1. The number of anilines is 1. The van der Waals surface area contributed by atoms with E-state index < -0.39 is 36.3 Å². The Hall–Kier alpha value is -5.52. The molecule has 1 aliphatic heterocycles. The van der Waals surface area contributed by atoms with Crippen LogP contribution in [0.3, 0.4) is 0 Å². The summed E-state index contributed by atoms with van der Waals surface area (Å²) in [5.74, 6) is -3.52. The first-order chi connectivity index (χ1) is 22.6. The first-order valence-corrected chi connectivity index (χ1v) is 14.7. The summed E-state index contributed by atoms with van der Waals surface area (Å²) in [6.45, 7) is 1.88. The molecule has 2 amide bonds. The van der Waals surface area contributed by atoms with Gasteiger partial charge in [-0.2, -0.15) is 0 Å². The van der Waals surface area contributed by atoms with Crippen LogP contribution >= 0.6 is 0 Å². The molecule has 4 heterocycles. The molecule has 3 aromatic heterocycles. The molecule has 0 aliphatic carbocycles. The van der Waals surface area contributed by atoms with Crippen molar-refractivity contribution >= 4 is 35.2 Å². The largest absolute Gasteiger partial charge is 0.459 e. The number of rotatable bonds is 7. The topological polar surface area (TPSA) is 114 Å². The number of likely N-dealkylation sites (tertiary alicyclic amines) is 1. The highest BCUT2D eigenvalue weighted by atomic mass is 19.3. The number of hydrogen-bond donors (Lipinski definition) is 2. The highest BCUT2D eigenvalue weighted by Gasteiger charge is 2.36. The number of allylic oxidation sites excluding steroid dienone is 1. The van der Waals surface area contributed by atoms with E-state index in [1.54, 1.807) is 42.6 Å². The maximum absolute atomic E-state index is 15.3. The Balaban J connectivity index is 0.000000371. The Labute approximate surface area is 267 Å². The fraction of sp³-hybridized carbons (Fsp3) is 0.200. The molecule has 242 valence electrons. The van der Waals surface area contributed by atoms with Gasteiger partial charge in [0, 0.05) is 54.8 Å². The molecule has 0 unspecified atom stereocenters. The maximum atomic E-state index is 15.3. The molecule has 0 atom stereocenters. The average molecular weight is 646 g/mol. The molecule has 0 radical (unpaired) electrons. The van der Waals surface area contributed by atoms with E-state index in [-0.39, 0.29) is 30.9 Å². The van der Waals surface area contributed by atoms with E-state index in [1.807, 2.05) is 25.1 Å². The van der Waals surface area contributed by atoms with Crippen LogP contribution in [0.2, 0.25) is 0 Å². The van der Waals surface area contributed by atoms with Crippen LogP contribution in [-0.2, 0) is 11.3 Å². The lowest BCUT2D eigenvalue weighted by molar-refractivity contribution is -0.109. The highest BCUT2D eigenvalue weighted by molar-refractivity contribution is 5.97. The van der Waals surface area contributed by atoms with Gasteiger partial charge < -0.3 is 20.4 Å². The van der Waals surface area contributed by atoms with Crippen LogP contribution < -0.4 is 11.1 Å². The molecule has 1 fully saturated rings. The van der Waals surface area contributed by atoms with Gasteiger partial charge >= 0.3 is 0 Å². The highest BCUT2D eigenvalue weighted by Crippen LogP contribution is 2.36. The monoisotopic (exact) mass is 645 g/mol. The summed E-state index contributed by atoms with van der Waals surface area (Å²) in [7, 11) is 0. The van der Waals surface area contributed by atoms with Crippen LogP contribution in [0.1, 0.15) is 41.4 Å². The summed E-state index contributed by atoms with van der Waals surface area (Å²) in [4.78, 5) is 32.8. The minimum Gasteiger partial charge on any atom is -0.459 e. The number of nitrogen functional groups attached to an aromatic ring is 1. The molecule has 12 heteroatoms. The number of amides is 2. The second kappa shape index (κ2) is 14.3. The minimum absolute atomic E-state index is 0.0271.